The molecule has 3 rings (SSSR count). The molecule has 5 heteroatoms. The van der Waals surface area contributed by atoms with Crippen molar-refractivity contribution in [2.45, 2.75) is 17.6 Å². The van der Waals surface area contributed by atoms with Gasteiger partial charge in [0.05, 0.1) is 4.90 Å². The Labute approximate surface area is 122 Å². The fourth-order valence-electron chi connectivity index (χ4n) is 2.03. The first-order valence-corrected chi connectivity index (χ1v) is 8.61. The summed E-state index contributed by atoms with van der Waals surface area (Å²) in [5.74, 6) is 0.776. The Morgan fingerprint density at radius 1 is 1.05 bits per heavy atom. The summed E-state index contributed by atoms with van der Waals surface area (Å²) in [6.07, 6.45) is 0. The fourth-order valence-corrected chi connectivity index (χ4v) is 4.33. The number of fused-ring (bicyclic) bond motifs is 1. The lowest BCUT2D eigenvalue weighted by Crippen LogP contribution is -2.01. The second kappa shape index (κ2) is 5.07. The van der Waals surface area contributed by atoms with Crippen molar-refractivity contribution in [2.24, 2.45) is 4.40 Å². The van der Waals surface area contributed by atoms with E-state index in [1.807, 2.05) is 31.2 Å². The Morgan fingerprint density at radius 3 is 2.50 bits per heavy atom. The number of rotatable bonds is 2. The third-order valence-electron chi connectivity index (χ3n) is 3.13. The van der Waals surface area contributed by atoms with Gasteiger partial charge in [-0.25, -0.2) is 0 Å². The van der Waals surface area contributed by atoms with Crippen LogP contribution in [-0.2, 0) is 15.8 Å². The average molecular weight is 303 g/mol. The highest BCUT2D eigenvalue weighted by Gasteiger charge is 2.21. The molecule has 2 aromatic rings. The summed E-state index contributed by atoms with van der Waals surface area (Å²) in [6, 6.07) is 14.5. The molecule has 0 N–H and O–H groups in total. The number of thioether (sulfide) groups is 1. The van der Waals surface area contributed by atoms with Gasteiger partial charge in [-0.05, 0) is 24.6 Å². The highest BCUT2D eigenvalue weighted by molar-refractivity contribution is 8.14. The van der Waals surface area contributed by atoms with E-state index in [0.717, 1.165) is 22.4 Å². The number of benzene rings is 2. The summed E-state index contributed by atoms with van der Waals surface area (Å²) in [5.41, 5.74) is 3.08. The van der Waals surface area contributed by atoms with E-state index in [-0.39, 0.29) is 4.90 Å². The number of sulfonamides is 1. The Hall–Kier alpha value is -1.59. The summed E-state index contributed by atoms with van der Waals surface area (Å²) < 4.78 is 28.6. The van der Waals surface area contributed by atoms with Crippen molar-refractivity contribution < 1.29 is 8.42 Å². The monoisotopic (exact) mass is 303 g/mol. The van der Waals surface area contributed by atoms with Crippen LogP contribution in [0.3, 0.4) is 0 Å². The van der Waals surface area contributed by atoms with E-state index in [1.54, 1.807) is 24.3 Å². The maximum atomic E-state index is 12.3. The lowest BCUT2D eigenvalue weighted by atomic mass is 10.1. The van der Waals surface area contributed by atoms with Crippen LogP contribution in [0.1, 0.15) is 16.7 Å². The molecule has 0 bridgehead atoms. The highest BCUT2D eigenvalue weighted by Crippen LogP contribution is 2.31. The lowest BCUT2D eigenvalue weighted by molar-refractivity contribution is 0.598. The van der Waals surface area contributed by atoms with Gasteiger partial charge < -0.3 is 0 Å². The van der Waals surface area contributed by atoms with Crippen LogP contribution in [0.25, 0.3) is 0 Å². The average Bonchev–Trinajstić information content (AvgIpc) is 2.82. The first kappa shape index (κ1) is 13.4. The molecule has 0 saturated heterocycles. The summed E-state index contributed by atoms with van der Waals surface area (Å²) in [4.78, 5) is 0.237. The van der Waals surface area contributed by atoms with E-state index < -0.39 is 10.0 Å². The third kappa shape index (κ3) is 2.51. The molecular formula is C15H13NO2S2. The largest absolute Gasteiger partial charge is 0.283 e. The molecule has 20 heavy (non-hydrogen) atoms. The second-order valence-electron chi connectivity index (χ2n) is 4.63. The maximum Gasteiger partial charge on any atom is 0.283 e. The van der Waals surface area contributed by atoms with Crippen LogP contribution in [-0.4, -0.2) is 13.5 Å². The van der Waals surface area contributed by atoms with E-state index in [4.69, 9.17) is 0 Å². The molecule has 0 saturated carbocycles. The van der Waals surface area contributed by atoms with Gasteiger partial charge in [-0.15, -0.1) is 11.8 Å². The van der Waals surface area contributed by atoms with E-state index >= 15 is 0 Å². The predicted octanol–water partition coefficient (Wildman–Crippen LogP) is 3.38. The molecule has 0 aliphatic carbocycles. The van der Waals surface area contributed by atoms with E-state index in [0.29, 0.717) is 5.04 Å². The van der Waals surface area contributed by atoms with Crippen molar-refractivity contribution in [3.8, 4) is 0 Å². The minimum atomic E-state index is -3.64. The second-order valence-corrected chi connectivity index (χ2v) is 7.20. The Balaban J connectivity index is 2.02. The molecule has 3 nitrogen and oxygen atoms in total. The molecule has 0 amide bonds. The van der Waals surface area contributed by atoms with Crippen LogP contribution >= 0.6 is 11.8 Å². The quantitative estimate of drug-likeness (QED) is 0.854. The topological polar surface area (TPSA) is 46.5 Å². The number of hydrogen-bond acceptors (Lipinski definition) is 3. The number of nitrogens with zero attached hydrogens (tertiary/aromatic N) is 1. The Kier molecular flexibility index (Phi) is 3.40. The van der Waals surface area contributed by atoms with E-state index in [2.05, 4.69) is 4.40 Å². The zero-order valence-corrected chi connectivity index (χ0v) is 12.5. The minimum Gasteiger partial charge on any atom is -0.199 e. The van der Waals surface area contributed by atoms with Crippen LogP contribution in [0.15, 0.2) is 57.8 Å². The van der Waals surface area contributed by atoms with Gasteiger partial charge in [-0.1, -0.05) is 42.0 Å². The first-order valence-electron chi connectivity index (χ1n) is 6.19. The standard InChI is InChI=1S/C15H13NO2S2/c1-11-6-8-13(9-7-11)20(17,18)16-15-14-5-3-2-4-12(14)10-19-15/h2-9H,10H2,1H3. The van der Waals surface area contributed by atoms with E-state index in [1.165, 1.54) is 11.8 Å². The lowest BCUT2D eigenvalue weighted by Gasteiger charge is -2.02. The van der Waals surface area contributed by atoms with Gasteiger partial charge in [-0.3, -0.25) is 0 Å². The SMILES string of the molecule is Cc1ccc(S(=O)(=O)N=C2SCc3ccccc32)cc1. The van der Waals surface area contributed by atoms with Gasteiger partial charge in [0.1, 0.15) is 5.04 Å². The van der Waals surface area contributed by atoms with E-state index in [9.17, 15) is 8.42 Å². The van der Waals surface area contributed by atoms with Crippen molar-refractivity contribution in [1.29, 1.82) is 0 Å². The maximum absolute atomic E-state index is 12.3. The Morgan fingerprint density at radius 2 is 1.75 bits per heavy atom. The number of hydrogen-bond donors (Lipinski definition) is 0. The van der Waals surface area contributed by atoms with Gasteiger partial charge in [-0.2, -0.15) is 12.8 Å². The Bertz CT molecular complexity index is 778. The van der Waals surface area contributed by atoms with Gasteiger partial charge in [0, 0.05) is 11.3 Å². The van der Waals surface area contributed by atoms with Crippen molar-refractivity contribution in [1.82, 2.24) is 0 Å². The molecule has 0 radical (unpaired) electrons. The smallest absolute Gasteiger partial charge is 0.199 e. The van der Waals surface area contributed by atoms with Crippen LogP contribution in [0.2, 0.25) is 0 Å². The molecule has 0 aromatic heterocycles. The third-order valence-corrected chi connectivity index (χ3v) is 5.58. The molecule has 0 atom stereocenters. The molecule has 1 aliphatic rings. The van der Waals surface area contributed by atoms with Crippen LogP contribution < -0.4 is 0 Å². The first-order chi connectivity index (χ1) is 9.56. The zero-order chi connectivity index (χ0) is 14.2. The summed E-state index contributed by atoms with van der Waals surface area (Å²) >= 11 is 1.47. The zero-order valence-electron chi connectivity index (χ0n) is 10.9. The summed E-state index contributed by atoms with van der Waals surface area (Å²) in [5, 5.41) is 0.584. The van der Waals surface area contributed by atoms with Crippen LogP contribution in [0.4, 0.5) is 0 Å². The van der Waals surface area contributed by atoms with Crippen LogP contribution in [0.5, 0.6) is 0 Å². The summed E-state index contributed by atoms with van der Waals surface area (Å²) in [7, 11) is -3.64. The number of aryl methyl sites for hydroxylation is 1. The molecule has 1 heterocycles. The van der Waals surface area contributed by atoms with Gasteiger partial charge in [0.2, 0.25) is 0 Å². The van der Waals surface area contributed by atoms with Crippen molar-refractivity contribution in [3.05, 3.63) is 65.2 Å². The predicted molar refractivity (Wildman–Crippen MR) is 82.6 cm³/mol. The molecule has 0 unspecified atom stereocenters. The fraction of sp³-hybridized carbons (Fsp3) is 0.133. The van der Waals surface area contributed by atoms with Crippen molar-refractivity contribution in [2.75, 3.05) is 0 Å². The molecule has 1 aliphatic heterocycles. The van der Waals surface area contributed by atoms with Crippen LogP contribution in [0, 0.1) is 6.92 Å². The van der Waals surface area contributed by atoms with Crippen molar-refractivity contribution >= 4 is 26.8 Å². The molecular weight excluding hydrogens is 290 g/mol. The normalized spacial score (nSPS) is 16.4. The molecule has 102 valence electrons. The van der Waals surface area contributed by atoms with Gasteiger partial charge in [0.15, 0.2) is 0 Å². The molecule has 2 aromatic carbocycles. The summed E-state index contributed by atoms with van der Waals surface area (Å²) in [6.45, 7) is 1.92. The molecule has 0 fully saturated rings. The molecule has 0 spiro atoms. The minimum absolute atomic E-state index is 0.237. The van der Waals surface area contributed by atoms with Gasteiger partial charge >= 0.3 is 0 Å². The highest BCUT2D eigenvalue weighted by atomic mass is 32.2. The van der Waals surface area contributed by atoms with Crippen molar-refractivity contribution in [3.63, 3.8) is 0 Å². The van der Waals surface area contributed by atoms with Gasteiger partial charge in [0.25, 0.3) is 10.0 Å².